The zero-order valence-electron chi connectivity index (χ0n) is 17.9. The highest BCUT2D eigenvalue weighted by atomic mass is 35.5. The van der Waals surface area contributed by atoms with Gasteiger partial charge in [0, 0.05) is 46.5 Å². The number of hydrogen-bond donors (Lipinski definition) is 1. The number of halogens is 2. The first-order valence-corrected chi connectivity index (χ1v) is 10.6. The highest BCUT2D eigenvalue weighted by Crippen LogP contribution is 2.34. The minimum Gasteiger partial charge on any atom is -0.496 e. The fraction of sp³-hybridized carbons (Fsp3) is 0.0800. The number of aryl methyl sites for hydroxylation is 1. The molecule has 33 heavy (non-hydrogen) atoms. The van der Waals surface area contributed by atoms with Crippen LogP contribution in [0.4, 0.5) is 16.0 Å². The number of benzene rings is 2. The van der Waals surface area contributed by atoms with Crippen molar-refractivity contribution in [3.8, 4) is 28.0 Å². The van der Waals surface area contributed by atoms with Gasteiger partial charge < -0.3 is 10.1 Å². The van der Waals surface area contributed by atoms with E-state index in [1.54, 1.807) is 30.1 Å². The SMILES string of the molecule is COc1cc(Nc2nc3c(-c4ccc(F)cc4Cl)cccn3n2)ccc1-c1ccnc(C)c1. The van der Waals surface area contributed by atoms with Crippen LogP contribution in [0, 0.1) is 12.7 Å². The molecule has 0 saturated heterocycles. The maximum Gasteiger partial charge on any atom is 0.247 e. The molecule has 2 aromatic carbocycles. The lowest BCUT2D eigenvalue weighted by Gasteiger charge is -2.11. The van der Waals surface area contributed by atoms with Gasteiger partial charge in [0.2, 0.25) is 5.95 Å². The molecule has 164 valence electrons. The molecule has 0 aliphatic heterocycles. The Morgan fingerprint density at radius 1 is 1.00 bits per heavy atom. The molecule has 6 nitrogen and oxygen atoms in total. The quantitative estimate of drug-likeness (QED) is 0.333. The van der Waals surface area contributed by atoms with Gasteiger partial charge in [-0.2, -0.15) is 4.98 Å². The Hall–Kier alpha value is -3.97. The summed E-state index contributed by atoms with van der Waals surface area (Å²) >= 11 is 6.28. The number of aromatic nitrogens is 4. The van der Waals surface area contributed by atoms with Crippen LogP contribution in [0.1, 0.15) is 5.69 Å². The summed E-state index contributed by atoms with van der Waals surface area (Å²) in [6.45, 7) is 1.95. The summed E-state index contributed by atoms with van der Waals surface area (Å²) in [6, 6.07) is 17.8. The van der Waals surface area contributed by atoms with Crippen molar-refractivity contribution < 1.29 is 9.13 Å². The zero-order valence-corrected chi connectivity index (χ0v) is 18.6. The second-order valence-corrected chi connectivity index (χ2v) is 7.88. The van der Waals surface area contributed by atoms with Crippen LogP contribution in [-0.4, -0.2) is 26.7 Å². The molecule has 3 aromatic heterocycles. The lowest BCUT2D eigenvalue weighted by atomic mass is 10.0. The first-order valence-electron chi connectivity index (χ1n) is 10.2. The Bertz CT molecular complexity index is 1480. The first-order chi connectivity index (χ1) is 16.0. The number of nitrogens with zero attached hydrogens (tertiary/aromatic N) is 4. The van der Waals surface area contributed by atoms with Gasteiger partial charge in [-0.05, 0) is 67.1 Å². The van der Waals surface area contributed by atoms with Crippen molar-refractivity contribution in [1.29, 1.82) is 0 Å². The van der Waals surface area contributed by atoms with Crippen molar-refractivity contribution in [2.24, 2.45) is 0 Å². The van der Waals surface area contributed by atoms with Gasteiger partial charge in [0.25, 0.3) is 0 Å². The molecule has 5 aromatic rings. The lowest BCUT2D eigenvalue weighted by Crippen LogP contribution is -1.95. The Morgan fingerprint density at radius 3 is 2.64 bits per heavy atom. The van der Waals surface area contributed by atoms with Crippen molar-refractivity contribution in [1.82, 2.24) is 19.6 Å². The number of pyridine rings is 2. The van der Waals surface area contributed by atoms with Crippen LogP contribution >= 0.6 is 11.6 Å². The largest absolute Gasteiger partial charge is 0.496 e. The van der Waals surface area contributed by atoms with Gasteiger partial charge in [0.15, 0.2) is 5.65 Å². The molecule has 0 aliphatic carbocycles. The van der Waals surface area contributed by atoms with E-state index in [0.717, 1.165) is 28.1 Å². The van der Waals surface area contributed by atoms with Crippen LogP contribution in [-0.2, 0) is 0 Å². The van der Waals surface area contributed by atoms with Crippen LogP contribution in [0.3, 0.4) is 0 Å². The van der Waals surface area contributed by atoms with Gasteiger partial charge in [-0.25, -0.2) is 8.91 Å². The molecule has 1 N–H and O–H groups in total. The van der Waals surface area contributed by atoms with E-state index in [-0.39, 0.29) is 5.82 Å². The minimum atomic E-state index is -0.390. The van der Waals surface area contributed by atoms with Crippen LogP contribution in [0.2, 0.25) is 5.02 Å². The number of hydrogen-bond acceptors (Lipinski definition) is 5. The lowest BCUT2D eigenvalue weighted by molar-refractivity contribution is 0.416. The molecule has 5 rings (SSSR count). The first kappa shape index (κ1) is 20.9. The van der Waals surface area contributed by atoms with Crippen LogP contribution in [0.25, 0.3) is 27.9 Å². The standard InChI is InChI=1S/C25H19ClFN5O/c1-15-12-16(9-10-28-15)19-8-6-18(14-23(19)33-2)29-25-30-24-21(4-3-11-32(24)31-25)20-7-5-17(27)13-22(20)26/h3-14H,1-2H3,(H,29,31). The minimum absolute atomic E-state index is 0.312. The van der Waals surface area contributed by atoms with Gasteiger partial charge in [-0.15, -0.1) is 5.10 Å². The van der Waals surface area contributed by atoms with E-state index in [1.165, 1.54) is 12.1 Å². The summed E-state index contributed by atoms with van der Waals surface area (Å²) in [7, 11) is 1.64. The zero-order chi connectivity index (χ0) is 22.9. The maximum absolute atomic E-state index is 13.5. The number of nitrogens with one attached hydrogen (secondary N) is 1. The Morgan fingerprint density at radius 2 is 1.85 bits per heavy atom. The highest BCUT2D eigenvalue weighted by Gasteiger charge is 2.14. The fourth-order valence-electron chi connectivity index (χ4n) is 3.73. The van der Waals surface area contributed by atoms with Gasteiger partial charge in [-0.1, -0.05) is 11.6 Å². The Balaban J connectivity index is 1.50. The van der Waals surface area contributed by atoms with Gasteiger partial charge in [0.05, 0.1) is 12.1 Å². The Kier molecular flexibility index (Phi) is 5.40. The van der Waals surface area contributed by atoms with E-state index >= 15 is 0 Å². The van der Waals surface area contributed by atoms with Crippen molar-refractivity contribution in [2.45, 2.75) is 6.92 Å². The van der Waals surface area contributed by atoms with Gasteiger partial charge in [-0.3, -0.25) is 4.98 Å². The van der Waals surface area contributed by atoms with E-state index in [4.69, 9.17) is 16.3 Å². The van der Waals surface area contributed by atoms with Crippen molar-refractivity contribution >= 4 is 28.9 Å². The van der Waals surface area contributed by atoms with Crippen molar-refractivity contribution in [3.63, 3.8) is 0 Å². The third-order valence-electron chi connectivity index (χ3n) is 5.25. The fourth-order valence-corrected chi connectivity index (χ4v) is 4.00. The molecular weight excluding hydrogens is 441 g/mol. The monoisotopic (exact) mass is 459 g/mol. The number of anilines is 2. The molecule has 0 unspecified atom stereocenters. The average molecular weight is 460 g/mol. The molecular formula is C25H19ClFN5O. The average Bonchev–Trinajstić information content (AvgIpc) is 3.22. The maximum atomic E-state index is 13.5. The van der Waals surface area contributed by atoms with Gasteiger partial charge in [0.1, 0.15) is 11.6 Å². The molecule has 0 fully saturated rings. The number of rotatable bonds is 5. The topological polar surface area (TPSA) is 64.3 Å². The smallest absolute Gasteiger partial charge is 0.247 e. The van der Waals surface area contributed by atoms with E-state index < -0.39 is 0 Å². The molecule has 0 amide bonds. The number of fused-ring (bicyclic) bond motifs is 1. The van der Waals surface area contributed by atoms with E-state index in [1.807, 2.05) is 49.4 Å². The predicted octanol–water partition coefficient (Wildman–Crippen LogP) is 6.31. The third-order valence-corrected chi connectivity index (χ3v) is 5.56. The van der Waals surface area contributed by atoms with Crippen molar-refractivity contribution in [3.05, 3.63) is 89.6 Å². The molecule has 0 atom stereocenters. The second-order valence-electron chi connectivity index (χ2n) is 7.48. The number of methoxy groups -OCH3 is 1. The number of ether oxygens (including phenoxy) is 1. The van der Waals surface area contributed by atoms with Crippen LogP contribution < -0.4 is 10.1 Å². The van der Waals surface area contributed by atoms with Gasteiger partial charge >= 0.3 is 0 Å². The summed E-state index contributed by atoms with van der Waals surface area (Å²) in [4.78, 5) is 8.89. The Labute approximate surface area is 194 Å². The molecule has 0 bridgehead atoms. The molecule has 0 radical (unpaired) electrons. The van der Waals surface area contributed by atoms with E-state index in [0.29, 0.717) is 27.9 Å². The molecule has 8 heteroatoms. The molecule has 0 saturated carbocycles. The van der Waals surface area contributed by atoms with E-state index in [9.17, 15) is 4.39 Å². The van der Waals surface area contributed by atoms with Crippen molar-refractivity contribution in [2.75, 3.05) is 12.4 Å². The summed E-state index contributed by atoms with van der Waals surface area (Å²) in [6.07, 6.45) is 3.58. The van der Waals surface area contributed by atoms with E-state index in [2.05, 4.69) is 20.4 Å². The van der Waals surface area contributed by atoms with Crippen LogP contribution in [0.15, 0.2) is 73.1 Å². The normalized spacial score (nSPS) is 11.0. The summed E-state index contributed by atoms with van der Waals surface area (Å²) < 4.78 is 20.8. The third kappa shape index (κ3) is 4.10. The second kappa shape index (κ2) is 8.52. The highest BCUT2D eigenvalue weighted by molar-refractivity contribution is 6.33. The molecule has 0 spiro atoms. The molecule has 3 heterocycles. The molecule has 0 aliphatic rings. The summed E-state index contributed by atoms with van der Waals surface area (Å²) in [5, 5.41) is 8.06. The summed E-state index contributed by atoms with van der Waals surface area (Å²) in [5.74, 6) is 0.738. The predicted molar refractivity (Wildman–Crippen MR) is 128 cm³/mol. The van der Waals surface area contributed by atoms with Crippen LogP contribution in [0.5, 0.6) is 5.75 Å². The summed E-state index contributed by atoms with van der Waals surface area (Å²) in [5.41, 5.74) is 5.73.